The fourth-order valence-electron chi connectivity index (χ4n) is 1.28. The van der Waals surface area contributed by atoms with E-state index in [-0.39, 0.29) is 0 Å². The molecule has 1 aliphatic heterocycles. The highest BCUT2D eigenvalue weighted by molar-refractivity contribution is 9.10. The van der Waals surface area contributed by atoms with E-state index in [1.54, 1.807) is 0 Å². The number of hydrogen-bond acceptors (Lipinski definition) is 1. The average Bonchev–Trinajstić information content (AvgIpc) is 2.86. The molecule has 1 atom stereocenters. The molecule has 1 aromatic rings. The van der Waals surface area contributed by atoms with Crippen molar-refractivity contribution in [2.45, 2.75) is 18.9 Å². The first-order chi connectivity index (χ1) is 6.25. The summed E-state index contributed by atoms with van der Waals surface area (Å²) in [5, 5.41) is 0.843. The molecule has 1 saturated heterocycles. The molecule has 0 saturated carbocycles. The number of benzene rings is 1. The topological polar surface area (TPSA) is 12.5 Å². The van der Waals surface area contributed by atoms with E-state index in [2.05, 4.69) is 22.0 Å². The van der Waals surface area contributed by atoms with E-state index >= 15 is 0 Å². The molecule has 1 aromatic carbocycles. The summed E-state index contributed by atoms with van der Waals surface area (Å²) in [6, 6.07) is 6.02. The smallest absolute Gasteiger partial charge is 0.0813 e. The second-order valence-electron chi connectivity index (χ2n) is 3.23. The Morgan fingerprint density at radius 2 is 2.31 bits per heavy atom. The molecule has 1 unspecified atom stereocenters. The monoisotopic (exact) mass is 260 g/mol. The fraction of sp³-hybridized carbons (Fsp3) is 0.400. The molecule has 1 heterocycles. The van der Waals surface area contributed by atoms with Crippen molar-refractivity contribution in [2.24, 2.45) is 0 Å². The predicted octanol–water partition coefficient (Wildman–Crippen LogP) is 3.43. The molecule has 13 heavy (non-hydrogen) atoms. The molecule has 0 bridgehead atoms. The Balaban J connectivity index is 2.01. The third kappa shape index (κ3) is 2.70. The maximum Gasteiger partial charge on any atom is 0.0813 e. The summed E-state index contributed by atoms with van der Waals surface area (Å²) in [6.07, 6.45) is 2.58. The average molecular weight is 262 g/mol. The van der Waals surface area contributed by atoms with E-state index in [0.29, 0.717) is 6.10 Å². The van der Waals surface area contributed by atoms with Gasteiger partial charge in [0.2, 0.25) is 0 Å². The molecule has 1 nitrogen and oxygen atoms in total. The number of epoxide rings is 1. The van der Waals surface area contributed by atoms with Gasteiger partial charge in [-0.2, -0.15) is 0 Å². The maximum atomic E-state index is 6.06. The highest BCUT2D eigenvalue weighted by Gasteiger charge is 2.21. The van der Waals surface area contributed by atoms with Crippen molar-refractivity contribution in [1.82, 2.24) is 0 Å². The number of hydrogen-bond donors (Lipinski definition) is 0. The summed E-state index contributed by atoms with van der Waals surface area (Å²) in [7, 11) is 0. The summed E-state index contributed by atoms with van der Waals surface area (Å²) in [5.74, 6) is 0. The molecule has 0 amide bonds. The van der Waals surface area contributed by atoms with Gasteiger partial charge in [-0.15, -0.1) is 0 Å². The zero-order valence-electron chi connectivity index (χ0n) is 7.09. The number of rotatable bonds is 3. The highest BCUT2D eigenvalue weighted by Crippen LogP contribution is 2.24. The molecule has 70 valence electrons. The van der Waals surface area contributed by atoms with Gasteiger partial charge in [0.25, 0.3) is 0 Å². The van der Waals surface area contributed by atoms with Crippen LogP contribution < -0.4 is 0 Å². The van der Waals surface area contributed by atoms with Gasteiger partial charge in [0.15, 0.2) is 0 Å². The van der Waals surface area contributed by atoms with E-state index in [4.69, 9.17) is 16.3 Å². The van der Waals surface area contributed by atoms with Crippen molar-refractivity contribution in [1.29, 1.82) is 0 Å². The second kappa shape index (κ2) is 3.99. The first-order valence-electron chi connectivity index (χ1n) is 4.31. The van der Waals surface area contributed by atoms with Gasteiger partial charge in [0.05, 0.1) is 12.7 Å². The standard InChI is InChI=1S/C10H10BrClO/c11-8-3-1-7(10(12)5-8)2-4-9-6-13-9/h1,3,5,9H,2,4,6H2. The molecule has 1 aliphatic rings. The van der Waals surface area contributed by atoms with Crippen molar-refractivity contribution >= 4 is 27.5 Å². The SMILES string of the molecule is Clc1cc(Br)ccc1CCC1CO1. The van der Waals surface area contributed by atoms with Crippen molar-refractivity contribution < 1.29 is 4.74 Å². The van der Waals surface area contributed by atoms with Crippen LogP contribution in [0.15, 0.2) is 22.7 Å². The zero-order valence-corrected chi connectivity index (χ0v) is 9.44. The summed E-state index contributed by atoms with van der Waals surface area (Å²) in [6.45, 7) is 0.925. The van der Waals surface area contributed by atoms with Crippen LogP contribution in [0.4, 0.5) is 0 Å². The summed E-state index contributed by atoms with van der Waals surface area (Å²) >= 11 is 9.44. The summed E-state index contributed by atoms with van der Waals surface area (Å²) in [4.78, 5) is 0. The molecule has 0 aliphatic carbocycles. The molecular weight excluding hydrogens is 251 g/mol. The molecule has 1 fully saturated rings. The van der Waals surface area contributed by atoms with Gasteiger partial charge in [-0.25, -0.2) is 0 Å². The Morgan fingerprint density at radius 3 is 2.92 bits per heavy atom. The molecule has 2 rings (SSSR count). The van der Waals surface area contributed by atoms with Crippen LogP contribution in [-0.4, -0.2) is 12.7 Å². The Bertz CT molecular complexity index is 310. The first kappa shape index (κ1) is 9.50. The van der Waals surface area contributed by atoms with Crippen molar-refractivity contribution in [2.75, 3.05) is 6.61 Å². The lowest BCUT2D eigenvalue weighted by Gasteiger charge is -2.02. The minimum atomic E-state index is 0.486. The van der Waals surface area contributed by atoms with Crippen LogP contribution in [0.5, 0.6) is 0 Å². The van der Waals surface area contributed by atoms with Gasteiger partial charge in [0.1, 0.15) is 0 Å². The molecule has 3 heteroatoms. The Labute approximate surface area is 91.2 Å². The Hall–Kier alpha value is -0.0500. The third-order valence-corrected chi connectivity index (χ3v) is 3.00. The second-order valence-corrected chi connectivity index (χ2v) is 4.55. The number of ether oxygens (including phenoxy) is 1. The quantitative estimate of drug-likeness (QED) is 0.760. The maximum absolute atomic E-state index is 6.06. The lowest BCUT2D eigenvalue weighted by atomic mass is 10.1. The first-order valence-corrected chi connectivity index (χ1v) is 5.48. The van der Waals surface area contributed by atoms with Crippen LogP contribution in [-0.2, 0) is 11.2 Å². The normalized spacial score (nSPS) is 20.3. The van der Waals surface area contributed by atoms with E-state index in [9.17, 15) is 0 Å². The van der Waals surface area contributed by atoms with Crippen LogP contribution in [0.25, 0.3) is 0 Å². The molecule has 0 aromatic heterocycles. The highest BCUT2D eigenvalue weighted by atomic mass is 79.9. The van der Waals surface area contributed by atoms with Gasteiger partial charge in [-0.05, 0) is 30.5 Å². The minimum Gasteiger partial charge on any atom is -0.373 e. The molecule has 0 spiro atoms. The lowest BCUT2D eigenvalue weighted by Crippen LogP contribution is -1.91. The van der Waals surface area contributed by atoms with Gasteiger partial charge in [-0.1, -0.05) is 33.6 Å². The van der Waals surface area contributed by atoms with E-state index in [1.807, 2.05) is 12.1 Å². The summed E-state index contributed by atoms with van der Waals surface area (Å²) in [5.41, 5.74) is 1.21. The Kier molecular flexibility index (Phi) is 2.92. The van der Waals surface area contributed by atoms with Gasteiger partial charge in [0, 0.05) is 9.50 Å². The molecular formula is C10H10BrClO. The lowest BCUT2D eigenvalue weighted by molar-refractivity contribution is 0.397. The predicted molar refractivity (Wildman–Crippen MR) is 57.2 cm³/mol. The molecule has 0 N–H and O–H groups in total. The van der Waals surface area contributed by atoms with E-state index in [1.165, 1.54) is 5.56 Å². The van der Waals surface area contributed by atoms with Crippen molar-refractivity contribution in [3.63, 3.8) is 0 Å². The Morgan fingerprint density at radius 1 is 1.54 bits per heavy atom. The van der Waals surface area contributed by atoms with E-state index < -0.39 is 0 Å². The fourth-order valence-corrected chi connectivity index (χ4v) is 2.04. The minimum absolute atomic E-state index is 0.486. The van der Waals surface area contributed by atoms with Gasteiger partial charge >= 0.3 is 0 Å². The number of halogens is 2. The van der Waals surface area contributed by atoms with Crippen molar-refractivity contribution in [3.05, 3.63) is 33.3 Å². The number of aryl methyl sites for hydroxylation is 1. The summed E-state index contributed by atoms with van der Waals surface area (Å²) < 4.78 is 6.17. The van der Waals surface area contributed by atoms with Crippen LogP contribution >= 0.6 is 27.5 Å². The van der Waals surface area contributed by atoms with Crippen LogP contribution in [0, 0.1) is 0 Å². The van der Waals surface area contributed by atoms with Crippen LogP contribution in [0.1, 0.15) is 12.0 Å². The van der Waals surface area contributed by atoms with Gasteiger partial charge in [-0.3, -0.25) is 0 Å². The third-order valence-electron chi connectivity index (χ3n) is 2.15. The molecule has 0 radical (unpaired) electrons. The largest absolute Gasteiger partial charge is 0.373 e. The van der Waals surface area contributed by atoms with E-state index in [0.717, 1.165) is 28.9 Å². The van der Waals surface area contributed by atoms with Crippen LogP contribution in [0.3, 0.4) is 0 Å². The van der Waals surface area contributed by atoms with Gasteiger partial charge < -0.3 is 4.74 Å². The van der Waals surface area contributed by atoms with Crippen molar-refractivity contribution in [3.8, 4) is 0 Å². The zero-order chi connectivity index (χ0) is 9.26. The van der Waals surface area contributed by atoms with Crippen LogP contribution in [0.2, 0.25) is 5.02 Å².